The predicted molar refractivity (Wildman–Crippen MR) is 102 cm³/mol. The maximum absolute atomic E-state index is 12.5. The first-order valence-corrected chi connectivity index (χ1v) is 8.95. The molecule has 25 heavy (non-hydrogen) atoms. The van der Waals surface area contributed by atoms with Crippen LogP contribution in [0.3, 0.4) is 0 Å². The van der Waals surface area contributed by atoms with E-state index in [1.807, 2.05) is 47.4 Å². The lowest BCUT2D eigenvalue weighted by Gasteiger charge is -2.36. The molecule has 1 amide bonds. The molecule has 1 fully saturated rings. The van der Waals surface area contributed by atoms with Crippen LogP contribution in [0.2, 0.25) is 5.02 Å². The van der Waals surface area contributed by atoms with E-state index in [9.17, 15) is 4.79 Å². The van der Waals surface area contributed by atoms with Crippen molar-refractivity contribution in [2.75, 3.05) is 38.2 Å². The summed E-state index contributed by atoms with van der Waals surface area (Å²) < 4.78 is 5.29. The van der Waals surface area contributed by atoms with Crippen LogP contribution < -0.4 is 9.64 Å². The van der Waals surface area contributed by atoms with Crippen LogP contribution in [0.1, 0.15) is 12.0 Å². The number of piperazine rings is 1. The van der Waals surface area contributed by atoms with Crippen LogP contribution >= 0.6 is 11.6 Å². The van der Waals surface area contributed by atoms with E-state index < -0.39 is 0 Å². The van der Waals surface area contributed by atoms with Crippen molar-refractivity contribution in [2.24, 2.45) is 0 Å². The minimum Gasteiger partial charge on any atom is -0.497 e. The maximum Gasteiger partial charge on any atom is 0.223 e. The van der Waals surface area contributed by atoms with Crippen molar-refractivity contribution >= 4 is 23.2 Å². The fourth-order valence-electron chi connectivity index (χ4n) is 3.12. The molecule has 0 aromatic heterocycles. The number of carbonyl (C=O) groups is 1. The van der Waals surface area contributed by atoms with Crippen molar-refractivity contribution in [1.29, 1.82) is 0 Å². The van der Waals surface area contributed by atoms with E-state index in [2.05, 4.69) is 11.0 Å². The molecule has 1 aliphatic rings. The van der Waals surface area contributed by atoms with E-state index in [-0.39, 0.29) is 5.91 Å². The molecule has 0 unspecified atom stereocenters. The molecule has 0 bridgehead atoms. The smallest absolute Gasteiger partial charge is 0.223 e. The highest BCUT2D eigenvalue weighted by Crippen LogP contribution is 2.22. The Kier molecular flexibility index (Phi) is 5.82. The van der Waals surface area contributed by atoms with Crippen LogP contribution in [0, 0.1) is 0 Å². The predicted octanol–water partition coefficient (Wildman–Crippen LogP) is 3.63. The minimum absolute atomic E-state index is 0.213. The second-order valence-corrected chi connectivity index (χ2v) is 6.64. The molecular weight excluding hydrogens is 336 g/mol. The zero-order valence-corrected chi connectivity index (χ0v) is 15.2. The van der Waals surface area contributed by atoms with Gasteiger partial charge in [0.15, 0.2) is 0 Å². The Labute approximate surface area is 154 Å². The third-order valence-electron chi connectivity index (χ3n) is 4.57. The highest BCUT2D eigenvalue weighted by atomic mass is 35.5. The van der Waals surface area contributed by atoms with E-state index in [0.29, 0.717) is 6.42 Å². The Morgan fingerprint density at radius 1 is 1.08 bits per heavy atom. The zero-order valence-electron chi connectivity index (χ0n) is 14.5. The summed E-state index contributed by atoms with van der Waals surface area (Å²) in [4.78, 5) is 16.7. The number of methoxy groups -OCH3 is 1. The Hall–Kier alpha value is -2.20. The summed E-state index contributed by atoms with van der Waals surface area (Å²) in [7, 11) is 1.68. The fraction of sp³-hybridized carbons (Fsp3) is 0.350. The van der Waals surface area contributed by atoms with Gasteiger partial charge >= 0.3 is 0 Å². The Bertz CT molecular complexity index is 727. The lowest BCUT2D eigenvalue weighted by Crippen LogP contribution is -2.48. The summed E-state index contributed by atoms with van der Waals surface area (Å²) in [5.74, 6) is 1.07. The number of rotatable bonds is 5. The van der Waals surface area contributed by atoms with Gasteiger partial charge in [-0.2, -0.15) is 0 Å². The van der Waals surface area contributed by atoms with Gasteiger partial charge < -0.3 is 14.5 Å². The molecule has 1 saturated heterocycles. The van der Waals surface area contributed by atoms with Gasteiger partial charge in [0, 0.05) is 49.4 Å². The lowest BCUT2D eigenvalue weighted by atomic mass is 10.1. The van der Waals surface area contributed by atoms with Crippen LogP contribution in [0.25, 0.3) is 0 Å². The van der Waals surface area contributed by atoms with E-state index in [0.717, 1.165) is 54.6 Å². The van der Waals surface area contributed by atoms with Crippen LogP contribution in [0.4, 0.5) is 5.69 Å². The van der Waals surface area contributed by atoms with Crippen LogP contribution in [-0.2, 0) is 11.2 Å². The van der Waals surface area contributed by atoms with E-state index in [4.69, 9.17) is 16.3 Å². The van der Waals surface area contributed by atoms with E-state index in [1.54, 1.807) is 7.11 Å². The van der Waals surface area contributed by atoms with Gasteiger partial charge in [-0.1, -0.05) is 29.8 Å². The summed E-state index contributed by atoms with van der Waals surface area (Å²) in [5, 5.41) is 0.719. The third-order valence-corrected chi connectivity index (χ3v) is 4.80. The average molecular weight is 359 g/mol. The highest BCUT2D eigenvalue weighted by Gasteiger charge is 2.21. The molecule has 5 heteroatoms. The first-order valence-electron chi connectivity index (χ1n) is 8.57. The van der Waals surface area contributed by atoms with Crippen molar-refractivity contribution in [1.82, 2.24) is 4.90 Å². The van der Waals surface area contributed by atoms with Gasteiger partial charge in [-0.3, -0.25) is 4.79 Å². The average Bonchev–Trinajstić information content (AvgIpc) is 2.66. The molecule has 1 heterocycles. The second kappa shape index (κ2) is 8.26. The van der Waals surface area contributed by atoms with Crippen molar-refractivity contribution < 1.29 is 9.53 Å². The molecule has 3 rings (SSSR count). The standard InChI is InChI=1S/C20H23ClN2O2/c1-25-19-7-3-6-18(15-19)22-10-12-23(13-11-22)20(24)9-8-16-4-2-5-17(21)14-16/h2-7,14-15H,8-13H2,1H3. The molecule has 0 aliphatic carbocycles. The fourth-order valence-corrected chi connectivity index (χ4v) is 3.34. The topological polar surface area (TPSA) is 32.8 Å². The monoisotopic (exact) mass is 358 g/mol. The summed E-state index contributed by atoms with van der Waals surface area (Å²) >= 11 is 5.99. The van der Waals surface area contributed by atoms with Crippen LogP contribution in [-0.4, -0.2) is 44.1 Å². The zero-order chi connectivity index (χ0) is 17.6. The molecular formula is C20H23ClN2O2. The van der Waals surface area contributed by atoms with Gasteiger partial charge in [0.25, 0.3) is 0 Å². The molecule has 0 saturated carbocycles. The van der Waals surface area contributed by atoms with Crippen molar-refractivity contribution in [3.8, 4) is 5.75 Å². The van der Waals surface area contributed by atoms with Crippen molar-refractivity contribution in [3.05, 3.63) is 59.1 Å². The lowest BCUT2D eigenvalue weighted by molar-refractivity contribution is -0.131. The number of nitrogens with zero attached hydrogens (tertiary/aromatic N) is 2. The van der Waals surface area contributed by atoms with Crippen molar-refractivity contribution in [3.63, 3.8) is 0 Å². The molecule has 1 aliphatic heterocycles. The van der Waals surface area contributed by atoms with E-state index in [1.165, 1.54) is 0 Å². The molecule has 0 N–H and O–H groups in total. The first-order chi connectivity index (χ1) is 12.2. The second-order valence-electron chi connectivity index (χ2n) is 6.20. The van der Waals surface area contributed by atoms with E-state index >= 15 is 0 Å². The summed E-state index contributed by atoms with van der Waals surface area (Å²) in [5.41, 5.74) is 2.25. The summed E-state index contributed by atoms with van der Waals surface area (Å²) in [6, 6.07) is 15.8. The van der Waals surface area contributed by atoms with Gasteiger partial charge in [0.2, 0.25) is 5.91 Å². The number of benzene rings is 2. The quantitative estimate of drug-likeness (QED) is 0.818. The minimum atomic E-state index is 0.213. The van der Waals surface area contributed by atoms with Gasteiger partial charge in [-0.15, -0.1) is 0 Å². The number of amides is 1. The van der Waals surface area contributed by atoms with Gasteiger partial charge in [-0.25, -0.2) is 0 Å². The molecule has 132 valence electrons. The molecule has 0 spiro atoms. The first kappa shape index (κ1) is 17.6. The Morgan fingerprint density at radius 2 is 1.84 bits per heavy atom. The van der Waals surface area contributed by atoms with Gasteiger partial charge in [-0.05, 0) is 36.2 Å². The van der Waals surface area contributed by atoms with Gasteiger partial charge in [0.05, 0.1) is 7.11 Å². The van der Waals surface area contributed by atoms with Crippen LogP contribution in [0.5, 0.6) is 5.75 Å². The number of halogens is 1. The highest BCUT2D eigenvalue weighted by molar-refractivity contribution is 6.30. The largest absolute Gasteiger partial charge is 0.497 e. The number of hydrogen-bond acceptors (Lipinski definition) is 3. The number of anilines is 1. The molecule has 2 aromatic carbocycles. The molecule has 0 atom stereocenters. The van der Waals surface area contributed by atoms with Crippen molar-refractivity contribution in [2.45, 2.75) is 12.8 Å². The third kappa shape index (κ3) is 4.67. The summed E-state index contributed by atoms with van der Waals surface area (Å²) in [6.07, 6.45) is 1.26. The number of carbonyl (C=O) groups excluding carboxylic acids is 1. The number of ether oxygens (including phenoxy) is 1. The Balaban J connectivity index is 1.50. The Morgan fingerprint density at radius 3 is 2.56 bits per heavy atom. The number of aryl methyl sites for hydroxylation is 1. The maximum atomic E-state index is 12.5. The molecule has 2 aromatic rings. The normalized spacial score (nSPS) is 14.5. The van der Waals surface area contributed by atoms with Crippen LogP contribution in [0.15, 0.2) is 48.5 Å². The van der Waals surface area contributed by atoms with Gasteiger partial charge in [0.1, 0.15) is 5.75 Å². The number of hydrogen-bond donors (Lipinski definition) is 0. The SMILES string of the molecule is COc1cccc(N2CCN(C(=O)CCc3cccc(Cl)c3)CC2)c1. The summed E-state index contributed by atoms with van der Waals surface area (Å²) in [6.45, 7) is 3.20. The molecule has 4 nitrogen and oxygen atoms in total. The molecule has 0 radical (unpaired) electrons.